The molecule has 0 spiro atoms. The summed E-state index contributed by atoms with van der Waals surface area (Å²) in [6.45, 7) is 7.31. The van der Waals surface area contributed by atoms with E-state index < -0.39 is 0 Å². The number of nitrogens with one attached hydrogen (secondary N) is 1. The minimum atomic E-state index is -0.158. The Bertz CT molecular complexity index is 860. The molecule has 0 aliphatic carbocycles. The molecule has 3 rings (SSSR count). The van der Waals surface area contributed by atoms with Crippen molar-refractivity contribution in [2.75, 3.05) is 0 Å². The monoisotopic (exact) mass is 337 g/mol. The van der Waals surface area contributed by atoms with E-state index >= 15 is 0 Å². The third kappa shape index (κ3) is 3.79. The van der Waals surface area contributed by atoms with E-state index in [2.05, 4.69) is 26.9 Å². The van der Waals surface area contributed by atoms with E-state index in [1.807, 2.05) is 50.5 Å². The maximum atomic E-state index is 12.1. The Morgan fingerprint density at radius 1 is 1.16 bits per heavy atom. The van der Waals surface area contributed by atoms with Gasteiger partial charge in [-0.3, -0.25) is 9.48 Å². The Balaban J connectivity index is 1.65. The second kappa shape index (κ2) is 7.34. The number of imidazole rings is 1. The quantitative estimate of drug-likeness (QED) is 0.752. The average molecular weight is 337 g/mol. The summed E-state index contributed by atoms with van der Waals surface area (Å²) in [5.74, 6) is 0.889. The molecule has 25 heavy (non-hydrogen) atoms. The molecule has 6 nitrogen and oxygen atoms in total. The largest absolute Gasteiger partial charge is 0.347 e. The van der Waals surface area contributed by atoms with E-state index in [1.54, 1.807) is 10.7 Å². The minimum Gasteiger partial charge on any atom is -0.347 e. The fourth-order valence-electron chi connectivity index (χ4n) is 2.73. The van der Waals surface area contributed by atoms with Gasteiger partial charge in [-0.05, 0) is 37.6 Å². The van der Waals surface area contributed by atoms with Crippen molar-refractivity contribution in [3.63, 3.8) is 0 Å². The predicted octanol–water partition coefficient (Wildman–Crippen LogP) is 2.89. The van der Waals surface area contributed by atoms with Gasteiger partial charge in [-0.1, -0.05) is 19.1 Å². The Morgan fingerprint density at radius 2 is 1.92 bits per heavy atom. The lowest BCUT2D eigenvalue weighted by Crippen LogP contribution is -2.23. The number of rotatable bonds is 6. The predicted molar refractivity (Wildman–Crippen MR) is 96.8 cm³/mol. The highest BCUT2D eigenvalue weighted by Crippen LogP contribution is 2.14. The highest BCUT2D eigenvalue weighted by atomic mass is 16.1. The van der Waals surface area contributed by atoms with Gasteiger partial charge in [0, 0.05) is 37.6 Å². The van der Waals surface area contributed by atoms with E-state index in [1.165, 1.54) is 0 Å². The van der Waals surface area contributed by atoms with Crippen LogP contribution in [-0.2, 0) is 19.5 Å². The summed E-state index contributed by atoms with van der Waals surface area (Å²) in [6, 6.07) is 9.88. The van der Waals surface area contributed by atoms with E-state index in [9.17, 15) is 4.79 Å². The maximum absolute atomic E-state index is 12.1. The van der Waals surface area contributed by atoms with E-state index in [0.717, 1.165) is 35.7 Å². The molecule has 0 aliphatic rings. The highest BCUT2D eigenvalue weighted by Gasteiger charge is 2.09. The molecule has 2 aromatic heterocycles. The third-order valence-corrected chi connectivity index (χ3v) is 4.08. The number of carbonyl (C=O) groups is 1. The van der Waals surface area contributed by atoms with Gasteiger partial charge in [0.1, 0.15) is 11.5 Å². The molecule has 130 valence electrons. The molecule has 0 atom stereocenters. The molecule has 2 heterocycles. The van der Waals surface area contributed by atoms with Crippen LogP contribution in [0.5, 0.6) is 0 Å². The van der Waals surface area contributed by atoms with E-state index in [0.29, 0.717) is 12.2 Å². The molecule has 0 saturated heterocycles. The SMILES string of the molecule is CCc1nc(C)cn1-c1ccc(CNC(=O)c2ccn(CC)n2)cc1. The van der Waals surface area contributed by atoms with Crippen LogP contribution in [-0.4, -0.2) is 25.2 Å². The zero-order valence-corrected chi connectivity index (χ0v) is 14.9. The van der Waals surface area contributed by atoms with Crippen LogP contribution in [0.25, 0.3) is 5.69 Å². The van der Waals surface area contributed by atoms with Gasteiger partial charge < -0.3 is 9.88 Å². The van der Waals surface area contributed by atoms with Crippen molar-refractivity contribution in [1.29, 1.82) is 0 Å². The van der Waals surface area contributed by atoms with Crippen molar-refractivity contribution in [3.8, 4) is 5.69 Å². The molecular formula is C19H23N5O. The third-order valence-electron chi connectivity index (χ3n) is 4.08. The second-order valence-corrected chi connectivity index (χ2v) is 5.93. The van der Waals surface area contributed by atoms with Crippen LogP contribution in [0.3, 0.4) is 0 Å². The van der Waals surface area contributed by atoms with Gasteiger partial charge in [0.05, 0.1) is 5.69 Å². The lowest BCUT2D eigenvalue weighted by atomic mass is 10.2. The number of nitrogens with zero attached hydrogens (tertiary/aromatic N) is 4. The Labute approximate surface area is 147 Å². The molecule has 0 bridgehead atoms. The average Bonchev–Trinajstić information content (AvgIpc) is 3.26. The number of aryl methyl sites for hydroxylation is 3. The Morgan fingerprint density at radius 3 is 2.56 bits per heavy atom. The van der Waals surface area contributed by atoms with Gasteiger partial charge in [0.2, 0.25) is 0 Å². The number of benzene rings is 1. The topological polar surface area (TPSA) is 64.7 Å². The normalized spacial score (nSPS) is 10.8. The Hall–Kier alpha value is -2.89. The van der Waals surface area contributed by atoms with Crippen LogP contribution >= 0.6 is 0 Å². The van der Waals surface area contributed by atoms with Crippen LogP contribution in [0.4, 0.5) is 0 Å². The fraction of sp³-hybridized carbons (Fsp3) is 0.316. The van der Waals surface area contributed by atoms with Gasteiger partial charge in [-0.15, -0.1) is 0 Å². The van der Waals surface area contributed by atoms with Crippen molar-refractivity contribution in [2.24, 2.45) is 0 Å². The standard InChI is InChI=1S/C19H23N5O/c1-4-18-21-14(3)13-24(18)16-8-6-15(7-9-16)12-20-19(25)17-10-11-23(5-2)22-17/h6-11,13H,4-5,12H2,1-3H3,(H,20,25). The van der Waals surface area contributed by atoms with Gasteiger partial charge in [-0.2, -0.15) is 5.10 Å². The van der Waals surface area contributed by atoms with Crippen molar-refractivity contribution in [2.45, 2.75) is 40.3 Å². The molecular weight excluding hydrogens is 314 g/mol. The first-order valence-corrected chi connectivity index (χ1v) is 8.56. The summed E-state index contributed by atoms with van der Waals surface area (Å²) < 4.78 is 3.84. The molecule has 1 aromatic carbocycles. The van der Waals surface area contributed by atoms with Crippen LogP contribution in [0.2, 0.25) is 0 Å². The summed E-state index contributed by atoms with van der Waals surface area (Å²) in [7, 11) is 0. The summed E-state index contributed by atoms with van der Waals surface area (Å²) >= 11 is 0. The van der Waals surface area contributed by atoms with Gasteiger partial charge in [-0.25, -0.2) is 4.98 Å². The van der Waals surface area contributed by atoms with Crippen molar-refractivity contribution >= 4 is 5.91 Å². The first-order chi connectivity index (χ1) is 12.1. The molecule has 0 fully saturated rings. The zero-order valence-electron chi connectivity index (χ0n) is 14.9. The van der Waals surface area contributed by atoms with Crippen LogP contribution in [0, 0.1) is 6.92 Å². The molecule has 0 unspecified atom stereocenters. The van der Waals surface area contributed by atoms with Crippen molar-refractivity contribution in [1.82, 2.24) is 24.6 Å². The molecule has 3 aromatic rings. The lowest BCUT2D eigenvalue weighted by molar-refractivity contribution is 0.0945. The van der Waals surface area contributed by atoms with Gasteiger partial charge >= 0.3 is 0 Å². The number of amides is 1. The second-order valence-electron chi connectivity index (χ2n) is 5.93. The van der Waals surface area contributed by atoms with Crippen molar-refractivity contribution in [3.05, 3.63) is 65.5 Å². The maximum Gasteiger partial charge on any atom is 0.272 e. The summed E-state index contributed by atoms with van der Waals surface area (Å²) in [5, 5.41) is 7.12. The van der Waals surface area contributed by atoms with Crippen LogP contribution < -0.4 is 5.32 Å². The summed E-state index contributed by atoms with van der Waals surface area (Å²) in [6.07, 6.45) is 4.73. The van der Waals surface area contributed by atoms with Gasteiger partial charge in [0.25, 0.3) is 5.91 Å². The Kier molecular flexibility index (Phi) is 4.97. The first kappa shape index (κ1) is 17.0. The summed E-state index contributed by atoms with van der Waals surface area (Å²) in [5.41, 5.74) is 3.58. The van der Waals surface area contributed by atoms with E-state index in [-0.39, 0.29) is 5.91 Å². The van der Waals surface area contributed by atoms with Crippen molar-refractivity contribution < 1.29 is 4.79 Å². The number of carbonyl (C=O) groups excluding carboxylic acids is 1. The molecule has 0 radical (unpaired) electrons. The number of hydrogen-bond acceptors (Lipinski definition) is 3. The lowest BCUT2D eigenvalue weighted by Gasteiger charge is -2.08. The fourth-order valence-corrected chi connectivity index (χ4v) is 2.73. The van der Waals surface area contributed by atoms with Gasteiger partial charge in [0.15, 0.2) is 0 Å². The minimum absolute atomic E-state index is 0.158. The molecule has 0 aliphatic heterocycles. The zero-order chi connectivity index (χ0) is 17.8. The van der Waals surface area contributed by atoms with Crippen LogP contribution in [0.15, 0.2) is 42.7 Å². The molecule has 6 heteroatoms. The number of hydrogen-bond donors (Lipinski definition) is 1. The molecule has 0 saturated carbocycles. The molecule has 1 amide bonds. The summed E-state index contributed by atoms with van der Waals surface area (Å²) in [4.78, 5) is 16.6. The van der Waals surface area contributed by atoms with Crippen LogP contribution in [0.1, 0.15) is 41.4 Å². The first-order valence-electron chi connectivity index (χ1n) is 8.56. The van der Waals surface area contributed by atoms with E-state index in [4.69, 9.17) is 0 Å². The highest BCUT2D eigenvalue weighted by molar-refractivity contribution is 5.92. The molecule has 1 N–H and O–H groups in total. The smallest absolute Gasteiger partial charge is 0.272 e. The number of aromatic nitrogens is 4.